The molecule has 25 heavy (non-hydrogen) atoms. The number of carbonyl (C=O) groups excluding carboxylic acids is 2. The van der Waals surface area contributed by atoms with Crippen LogP contribution in [0.15, 0.2) is 6.20 Å². The van der Waals surface area contributed by atoms with E-state index < -0.39 is 23.2 Å². The second-order valence-corrected chi connectivity index (χ2v) is 7.22. The fourth-order valence-electron chi connectivity index (χ4n) is 3.41. The van der Waals surface area contributed by atoms with Crippen molar-refractivity contribution in [1.82, 2.24) is 20.4 Å². The van der Waals surface area contributed by atoms with Crippen molar-refractivity contribution in [2.45, 2.75) is 51.0 Å². The third-order valence-electron chi connectivity index (χ3n) is 5.27. The molecule has 3 rings (SSSR count). The summed E-state index contributed by atoms with van der Waals surface area (Å²) in [5, 5.41) is 8.43. The van der Waals surface area contributed by atoms with Gasteiger partial charge in [0.1, 0.15) is 5.56 Å². The van der Waals surface area contributed by atoms with Crippen LogP contribution in [-0.4, -0.2) is 52.0 Å². The first-order valence-electron chi connectivity index (χ1n) is 8.37. The van der Waals surface area contributed by atoms with E-state index in [1.54, 1.807) is 6.92 Å². The number of aromatic amines is 1. The molecule has 1 aromatic heterocycles. The molecule has 1 aromatic rings. The lowest BCUT2D eigenvalue weighted by Gasteiger charge is -2.36. The van der Waals surface area contributed by atoms with Crippen LogP contribution in [0.4, 0.5) is 13.2 Å². The van der Waals surface area contributed by atoms with Crippen molar-refractivity contribution in [3.8, 4) is 0 Å². The number of amides is 2. The van der Waals surface area contributed by atoms with Crippen LogP contribution in [0.25, 0.3) is 0 Å². The van der Waals surface area contributed by atoms with E-state index in [9.17, 15) is 22.8 Å². The Balaban J connectivity index is 1.55. The summed E-state index contributed by atoms with van der Waals surface area (Å²) >= 11 is 0. The minimum Gasteiger partial charge on any atom is -0.351 e. The highest BCUT2D eigenvalue weighted by atomic mass is 19.3. The molecule has 2 heterocycles. The fourth-order valence-corrected chi connectivity index (χ4v) is 3.41. The number of alkyl halides is 2. The van der Waals surface area contributed by atoms with Crippen LogP contribution in [-0.2, 0) is 4.79 Å². The first kappa shape index (κ1) is 17.8. The molecule has 2 aliphatic rings. The topological polar surface area (TPSA) is 78.1 Å². The van der Waals surface area contributed by atoms with Crippen LogP contribution in [0, 0.1) is 11.4 Å². The zero-order valence-electron chi connectivity index (χ0n) is 13.9. The molecule has 1 aliphatic heterocycles. The van der Waals surface area contributed by atoms with Crippen molar-refractivity contribution in [2.75, 3.05) is 13.1 Å². The summed E-state index contributed by atoms with van der Waals surface area (Å²) in [6.45, 7) is 2.36. The van der Waals surface area contributed by atoms with Gasteiger partial charge in [-0.1, -0.05) is 6.92 Å². The molecule has 0 radical (unpaired) electrons. The number of hydrogen-bond donors (Lipinski definition) is 2. The normalized spacial score (nSPS) is 25.0. The van der Waals surface area contributed by atoms with Gasteiger partial charge in [-0.15, -0.1) is 0 Å². The van der Waals surface area contributed by atoms with Gasteiger partial charge in [0, 0.05) is 37.4 Å². The van der Waals surface area contributed by atoms with Crippen molar-refractivity contribution in [3.63, 3.8) is 0 Å². The van der Waals surface area contributed by atoms with Crippen LogP contribution in [0.2, 0.25) is 0 Å². The van der Waals surface area contributed by atoms with Gasteiger partial charge in [0.25, 0.3) is 5.91 Å². The molecular weight excluding hydrogens is 337 g/mol. The molecule has 0 aromatic carbocycles. The molecular formula is C16H21F3N4O2. The van der Waals surface area contributed by atoms with Crippen LogP contribution < -0.4 is 5.32 Å². The van der Waals surface area contributed by atoms with E-state index in [0.717, 1.165) is 6.20 Å². The van der Waals surface area contributed by atoms with Crippen molar-refractivity contribution < 1.29 is 22.8 Å². The van der Waals surface area contributed by atoms with Crippen molar-refractivity contribution in [1.29, 1.82) is 0 Å². The Bertz CT molecular complexity index is 666. The Morgan fingerprint density at radius 1 is 1.32 bits per heavy atom. The number of hydrogen-bond acceptors (Lipinski definition) is 3. The smallest absolute Gasteiger partial charge is 0.260 e. The van der Waals surface area contributed by atoms with Gasteiger partial charge in [-0.2, -0.15) is 9.49 Å². The standard InChI is InChI=1S/C16H21F3N4O2/c1-15(3-5-16(18,19)6-4-15)14(25)21-10-2-7-23(9-10)13(24)11-8-20-22-12(11)17/h8,10H,2-7,9H2,1H3,(H,20,22)(H,21,25). The number of H-pyrrole nitrogens is 1. The highest BCUT2D eigenvalue weighted by Crippen LogP contribution is 2.43. The molecule has 1 saturated heterocycles. The molecule has 1 saturated carbocycles. The molecule has 2 amide bonds. The maximum absolute atomic E-state index is 13.4. The molecule has 1 atom stereocenters. The zero-order valence-corrected chi connectivity index (χ0v) is 13.9. The molecule has 9 heteroatoms. The van der Waals surface area contributed by atoms with Gasteiger partial charge in [0.15, 0.2) is 0 Å². The summed E-state index contributed by atoms with van der Waals surface area (Å²) < 4.78 is 40.0. The highest BCUT2D eigenvalue weighted by molar-refractivity contribution is 5.94. The van der Waals surface area contributed by atoms with Crippen molar-refractivity contribution in [3.05, 3.63) is 17.7 Å². The third-order valence-corrected chi connectivity index (χ3v) is 5.27. The van der Waals surface area contributed by atoms with E-state index in [0.29, 0.717) is 13.0 Å². The van der Waals surface area contributed by atoms with Crippen LogP contribution in [0.3, 0.4) is 0 Å². The molecule has 138 valence electrons. The second kappa shape index (κ2) is 6.34. The summed E-state index contributed by atoms with van der Waals surface area (Å²) in [4.78, 5) is 26.2. The van der Waals surface area contributed by atoms with Gasteiger partial charge in [-0.05, 0) is 19.3 Å². The van der Waals surface area contributed by atoms with Gasteiger partial charge in [0.05, 0.1) is 6.20 Å². The Hall–Kier alpha value is -2.06. The Morgan fingerprint density at radius 2 is 2.00 bits per heavy atom. The van der Waals surface area contributed by atoms with Gasteiger partial charge < -0.3 is 10.2 Å². The van der Waals surface area contributed by atoms with Crippen LogP contribution >= 0.6 is 0 Å². The van der Waals surface area contributed by atoms with E-state index in [1.165, 1.54) is 4.90 Å². The lowest BCUT2D eigenvalue weighted by molar-refractivity contribution is -0.138. The SMILES string of the molecule is CC1(C(=O)NC2CCN(C(=O)c3cn[nH]c3F)C2)CCC(F)(F)CC1. The van der Waals surface area contributed by atoms with Crippen LogP contribution in [0.1, 0.15) is 49.4 Å². The van der Waals surface area contributed by atoms with Gasteiger partial charge in [-0.3, -0.25) is 14.7 Å². The number of nitrogens with zero attached hydrogens (tertiary/aromatic N) is 2. The number of halogens is 3. The maximum Gasteiger partial charge on any atom is 0.260 e. The zero-order chi connectivity index (χ0) is 18.2. The first-order valence-corrected chi connectivity index (χ1v) is 8.37. The number of nitrogens with one attached hydrogen (secondary N) is 2. The number of carbonyl (C=O) groups is 2. The van der Waals surface area contributed by atoms with Gasteiger partial charge in [0.2, 0.25) is 17.8 Å². The summed E-state index contributed by atoms with van der Waals surface area (Å²) in [5.74, 6) is -4.21. The van der Waals surface area contributed by atoms with Crippen molar-refractivity contribution in [2.24, 2.45) is 5.41 Å². The number of aromatic nitrogens is 2. The minimum atomic E-state index is -2.69. The van der Waals surface area contributed by atoms with E-state index in [4.69, 9.17) is 0 Å². The molecule has 2 N–H and O–H groups in total. The predicted molar refractivity (Wildman–Crippen MR) is 82.5 cm³/mol. The van der Waals surface area contributed by atoms with E-state index >= 15 is 0 Å². The first-order chi connectivity index (χ1) is 11.7. The van der Waals surface area contributed by atoms with Gasteiger partial charge >= 0.3 is 0 Å². The van der Waals surface area contributed by atoms with Crippen LogP contribution in [0.5, 0.6) is 0 Å². The third kappa shape index (κ3) is 3.64. The monoisotopic (exact) mass is 358 g/mol. The fraction of sp³-hybridized carbons (Fsp3) is 0.688. The molecule has 0 spiro atoms. The predicted octanol–water partition coefficient (Wildman–Crippen LogP) is 2.10. The summed E-state index contributed by atoms with van der Waals surface area (Å²) in [6, 6.07) is -0.259. The minimum absolute atomic E-state index is 0.131. The van der Waals surface area contributed by atoms with Gasteiger partial charge in [-0.25, -0.2) is 8.78 Å². The molecule has 1 aliphatic carbocycles. The van der Waals surface area contributed by atoms with E-state index in [1.807, 2.05) is 0 Å². The Morgan fingerprint density at radius 3 is 2.60 bits per heavy atom. The van der Waals surface area contributed by atoms with Crippen molar-refractivity contribution >= 4 is 11.8 Å². The molecule has 1 unspecified atom stereocenters. The largest absolute Gasteiger partial charge is 0.351 e. The number of likely N-dealkylation sites (tertiary alicyclic amines) is 1. The number of rotatable bonds is 3. The van der Waals surface area contributed by atoms with E-state index in [2.05, 4.69) is 15.5 Å². The molecule has 2 fully saturated rings. The Labute approximate surface area is 143 Å². The maximum atomic E-state index is 13.4. The molecule has 0 bridgehead atoms. The van der Waals surface area contributed by atoms with E-state index in [-0.39, 0.29) is 49.7 Å². The summed E-state index contributed by atoms with van der Waals surface area (Å²) in [7, 11) is 0. The second-order valence-electron chi connectivity index (χ2n) is 7.22. The average molecular weight is 358 g/mol. The lowest BCUT2D eigenvalue weighted by atomic mass is 9.73. The quantitative estimate of drug-likeness (QED) is 0.869. The lowest BCUT2D eigenvalue weighted by Crippen LogP contribution is -2.48. The summed E-state index contributed by atoms with van der Waals surface area (Å²) in [5.41, 5.74) is -0.941. The summed E-state index contributed by atoms with van der Waals surface area (Å²) in [6.07, 6.45) is 1.39. The average Bonchev–Trinajstić information content (AvgIpc) is 3.19. The Kier molecular flexibility index (Phi) is 4.51. The highest BCUT2D eigenvalue weighted by Gasteiger charge is 2.45. The molecule has 6 nitrogen and oxygen atoms in total.